The summed E-state index contributed by atoms with van der Waals surface area (Å²) >= 11 is 0. The molecule has 0 saturated carbocycles. The van der Waals surface area contributed by atoms with Gasteiger partial charge in [0.05, 0.1) is 19.8 Å². The molecule has 0 spiro atoms. The summed E-state index contributed by atoms with van der Waals surface area (Å²) in [6.45, 7) is 9.68. The number of carbonyl (C=O) groups excluding carboxylic acids is 1. The van der Waals surface area contributed by atoms with E-state index in [-0.39, 0.29) is 12.2 Å². The van der Waals surface area contributed by atoms with E-state index < -0.39 is 5.60 Å². The Morgan fingerprint density at radius 2 is 1.91 bits per heavy atom. The van der Waals surface area contributed by atoms with E-state index in [1.807, 2.05) is 50.7 Å². The van der Waals surface area contributed by atoms with E-state index in [1.165, 1.54) is 6.33 Å². The molecule has 0 aromatic carbocycles. The number of fused-ring (bicyclic) bond motifs is 1. The van der Waals surface area contributed by atoms with Crippen LogP contribution in [0, 0.1) is 0 Å². The summed E-state index contributed by atoms with van der Waals surface area (Å²) in [4.78, 5) is 34.5. The first kappa shape index (κ1) is 23.3. The fourth-order valence-corrected chi connectivity index (χ4v) is 4.30. The van der Waals surface area contributed by atoms with E-state index in [0.29, 0.717) is 49.8 Å². The highest BCUT2D eigenvalue weighted by Gasteiger charge is 2.32. The summed E-state index contributed by atoms with van der Waals surface area (Å²) < 4.78 is 19.0. The summed E-state index contributed by atoms with van der Waals surface area (Å²) in [5.74, 6) is 2.06. The molecular weight excluding hydrogens is 450 g/mol. The lowest BCUT2D eigenvalue weighted by Crippen LogP contribution is -2.36. The average Bonchev–Trinajstić information content (AvgIpc) is 3.44. The molecule has 5 heterocycles. The van der Waals surface area contributed by atoms with Crippen molar-refractivity contribution in [2.24, 2.45) is 7.05 Å². The Morgan fingerprint density at radius 3 is 2.63 bits per heavy atom. The van der Waals surface area contributed by atoms with Crippen LogP contribution in [0.2, 0.25) is 0 Å². The second-order valence-electron chi connectivity index (χ2n) is 9.80. The van der Waals surface area contributed by atoms with Crippen molar-refractivity contribution in [1.29, 1.82) is 0 Å². The minimum atomic E-state index is -0.533. The van der Waals surface area contributed by atoms with Gasteiger partial charge in [0.1, 0.15) is 29.7 Å². The summed E-state index contributed by atoms with van der Waals surface area (Å²) in [6, 6.07) is 4.02. The van der Waals surface area contributed by atoms with E-state index in [0.717, 1.165) is 30.3 Å². The number of pyridine rings is 1. The van der Waals surface area contributed by atoms with E-state index in [1.54, 1.807) is 4.90 Å². The average molecular weight is 482 g/mol. The van der Waals surface area contributed by atoms with Gasteiger partial charge in [0.15, 0.2) is 11.2 Å². The van der Waals surface area contributed by atoms with Crippen LogP contribution >= 0.6 is 0 Å². The lowest BCUT2D eigenvalue weighted by molar-refractivity contribution is 0.0275. The Labute approximate surface area is 204 Å². The van der Waals surface area contributed by atoms with E-state index in [2.05, 4.69) is 19.9 Å². The van der Waals surface area contributed by atoms with Gasteiger partial charge in [-0.1, -0.05) is 0 Å². The summed E-state index contributed by atoms with van der Waals surface area (Å²) in [7, 11) is 1.91. The standard InChI is InChI=1S/C24H31N7O4/c1-24(2,3)35-23(32)31-8-7-17(14-31)34-22-19-21(26-15-27-22)29(4)20(28-19)16-5-6-18(25-13-16)30-9-11-33-12-10-30/h5-6,13,15,17H,7-12,14H2,1-4H3/t17-/m0/s1. The minimum Gasteiger partial charge on any atom is -0.471 e. The second-order valence-corrected chi connectivity index (χ2v) is 9.80. The number of carbonyl (C=O) groups is 1. The van der Waals surface area contributed by atoms with E-state index >= 15 is 0 Å². The fraction of sp³-hybridized carbons (Fsp3) is 0.542. The van der Waals surface area contributed by atoms with Crippen LogP contribution in [0.25, 0.3) is 22.6 Å². The van der Waals surface area contributed by atoms with Crippen molar-refractivity contribution in [2.45, 2.75) is 38.9 Å². The number of anilines is 1. The zero-order valence-electron chi connectivity index (χ0n) is 20.6. The smallest absolute Gasteiger partial charge is 0.410 e. The zero-order valence-corrected chi connectivity index (χ0v) is 20.6. The first-order valence-corrected chi connectivity index (χ1v) is 11.9. The van der Waals surface area contributed by atoms with Crippen molar-refractivity contribution >= 4 is 23.1 Å². The Morgan fingerprint density at radius 1 is 1.11 bits per heavy atom. The largest absolute Gasteiger partial charge is 0.471 e. The number of morpholine rings is 1. The highest BCUT2D eigenvalue weighted by atomic mass is 16.6. The van der Waals surface area contributed by atoms with E-state index in [9.17, 15) is 4.79 Å². The monoisotopic (exact) mass is 481 g/mol. The number of likely N-dealkylation sites (tertiary alicyclic amines) is 1. The number of nitrogens with zero attached hydrogens (tertiary/aromatic N) is 7. The maximum atomic E-state index is 12.4. The number of amides is 1. The molecule has 1 atom stereocenters. The highest BCUT2D eigenvalue weighted by Crippen LogP contribution is 2.29. The third kappa shape index (κ3) is 5.00. The van der Waals surface area contributed by atoms with Gasteiger partial charge in [-0.2, -0.15) is 4.98 Å². The maximum Gasteiger partial charge on any atom is 0.410 e. The number of imidazole rings is 1. The molecule has 2 aliphatic rings. The molecule has 2 aliphatic heterocycles. The molecule has 2 fully saturated rings. The van der Waals surface area contributed by atoms with Crippen LogP contribution in [-0.2, 0) is 16.5 Å². The number of aryl methyl sites for hydroxylation is 1. The summed E-state index contributed by atoms with van der Waals surface area (Å²) in [6.07, 6.45) is 3.47. The molecule has 3 aromatic heterocycles. The topological polar surface area (TPSA) is 108 Å². The van der Waals surface area contributed by atoms with Gasteiger partial charge >= 0.3 is 6.09 Å². The Hall–Kier alpha value is -3.47. The molecule has 0 N–H and O–H groups in total. The van der Waals surface area contributed by atoms with Crippen molar-refractivity contribution in [3.8, 4) is 17.3 Å². The fourth-order valence-electron chi connectivity index (χ4n) is 4.30. The molecule has 0 bridgehead atoms. The number of rotatable bonds is 4. The predicted molar refractivity (Wildman–Crippen MR) is 129 cm³/mol. The molecule has 11 heteroatoms. The first-order chi connectivity index (χ1) is 16.8. The Kier molecular flexibility index (Phi) is 6.18. The van der Waals surface area contributed by atoms with Gasteiger partial charge in [-0.25, -0.2) is 19.7 Å². The van der Waals surface area contributed by atoms with Crippen molar-refractivity contribution in [2.75, 3.05) is 44.3 Å². The van der Waals surface area contributed by atoms with Gasteiger partial charge in [-0.15, -0.1) is 0 Å². The molecule has 0 radical (unpaired) electrons. The van der Waals surface area contributed by atoms with Gasteiger partial charge < -0.3 is 28.6 Å². The summed E-state index contributed by atoms with van der Waals surface area (Å²) in [5.41, 5.74) is 1.60. The van der Waals surface area contributed by atoms with Gasteiger partial charge in [0, 0.05) is 44.9 Å². The van der Waals surface area contributed by atoms with Crippen LogP contribution in [0.15, 0.2) is 24.7 Å². The second kappa shape index (κ2) is 9.29. The quantitative estimate of drug-likeness (QED) is 0.556. The molecule has 186 valence electrons. The molecule has 5 rings (SSSR count). The molecule has 3 aromatic rings. The van der Waals surface area contributed by atoms with Gasteiger partial charge in [-0.05, 0) is 32.9 Å². The SMILES string of the molecule is Cn1c(-c2ccc(N3CCOCC3)nc2)nc2c(O[C@H]3CCN(C(=O)OC(C)(C)C)C3)ncnc21. The first-order valence-electron chi connectivity index (χ1n) is 11.9. The maximum absolute atomic E-state index is 12.4. The zero-order chi connectivity index (χ0) is 24.6. The predicted octanol–water partition coefficient (Wildman–Crippen LogP) is 2.65. The van der Waals surface area contributed by atoms with Crippen molar-refractivity contribution in [3.63, 3.8) is 0 Å². The lowest BCUT2D eigenvalue weighted by atomic mass is 10.2. The van der Waals surface area contributed by atoms with Gasteiger partial charge in [0.2, 0.25) is 5.88 Å². The van der Waals surface area contributed by atoms with Crippen molar-refractivity contribution in [1.82, 2.24) is 29.4 Å². The minimum absolute atomic E-state index is 0.194. The lowest BCUT2D eigenvalue weighted by Gasteiger charge is -2.27. The number of hydrogen-bond donors (Lipinski definition) is 0. The number of hydrogen-bond acceptors (Lipinski definition) is 9. The Balaban J connectivity index is 1.33. The van der Waals surface area contributed by atoms with Crippen LogP contribution < -0.4 is 9.64 Å². The normalized spacial score (nSPS) is 18.8. The number of ether oxygens (including phenoxy) is 3. The van der Waals surface area contributed by atoms with E-state index in [4.69, 9.17) is 19.2 Å². The molecule has 2 saturated heterocycles. The van der Waals surface area contributed by atoms with Crippen molar-refractivity contribution < 1.29 is 19.0 Å². The van der Waals surface area contributed by atoms with Gasteiger partial charge in [-0.3, -0.25) is 0 Å². The third-order valence-electron chi connectivity index (χ3n) is 6.04. The molecule has 11 nitrogen and oxygen atoms in total. The summed E-state index contributed by atoms with van der Waals surface area (Å²) in [5, 5.41) is 0. The Bertz CT molecular complexity index is 1200. The van der Waals surface area contributed by atoms with Crippen LogP contribution in [0.4, 0.5) is 10.6 Å². The highest BCUT2D eigenvalue weighted by molar-refractivity contribution is 5.81. The molecular formula is C24H31N7O4. The number of aromatic nitrogens is 5. The molecule has 0 aliphatic carbocycles. The van der Waals surface area contributed by atoms with Crippen LogP contribution in [0.5, 0.6) is 5.88 Å². The molecule has 35 heavy (non-hydrogen) atoms. The molecule has 1 amide bonds. The third-order valence-corrected chi connectivity index (χ3v) is 6.04. The van der Waals surface area contributed by atoms with Crippen molar-refractivity contribution in [3.05, 3.63) is 24.7 Å². The van der Waals surface area contributed by atoms with Crippen LogP contribution in [0.3, 0.4) is 0 Å². The van der Waals surface area contributed by atoms with Gasteiger partial charge in [0.25, 0.3) is 0 Å². The molecule has 0 unspecified atom stereocenters. The van der Waals surface area contributed by atoms with Crippen LogP contribution in [-0.4, -0.2) is 86.6 Å². The van der Waals surface area contributed by atoms with Crippen LogP contribution in [0.1, 0.15) is 27.2 Å².